The standard InChI is InChI=1S/C10H15N3O2/c11-5-4-8-7-13(10(14)15-8)9-3-1-2-6-12-9/h3,6,8H,1-2,4-5,7,11H2/t8-/m0/s1. The molecule has 2 aliphatic rings. The summed E-state index contributed by atoms with van der Waals surface area (Å²) in [5, 5.41) is 0. The lowest BCUT2D eigenvalue weighted by Gasteiger charge is -2.15. The summed E-state index contributed by atoms with van der Waals surface area (Å²) in [6.07, 6.45) is 5.99. The van der Waals surface area contributed by atoms with Crippen LogP contribution in [-0.4, -0.2) is 36.4 Å². The van der Waals surface area contributed by atoms with E-state index in [9.17, 15) is 4.79 Å². The molecular weight excluding hydrogens is 194 g/mol. The van der Waals surface area contributed by atoms with Crippen LogP contribution in [0.25, 0.3) is 0 Å². The summed E-state index contributed by atoms with van der Waals surface area (Å²) in [6, 6.07) is 0. The number of cyclic esters (lactones) is 1. The third-order valence-electron chi connectivity index (χ3n) is 2.49. The van der Waals surface area contributed by atoms with E-state index in [0.29, 0.717) is 25.3 Å². The van der Waals surface area contributed by atoms with Crippen LogP contribution in [0.3, 0.4) is 0 Å². The zero-order chi connectivity index (χ0) is 10.7. The average Bonchev–Trinajstić information content (AvgIpc) is 2.61. The third-order valence-corrected chi connectivity index (χ3v) is 2.49. The fourth-order valence-electron chi connectivity index (χ4n) is 1.72. The molecule has 1 saturated heterocycles. The van der Waals surface area contributed by atoms with Crippen LogP contribution in [0.1, 0.15) is 19.3 Å². The Kier molecular flexibility index (Phi) is 3.01. The number of rotatable bonds is 3. The van der Waals surface area contributed by atoms with E-state index in [4.69, 9.17) is 10.5 Å². The predicted octanol–water partition coefficient (Wildman–Crippen LogP) is 0.862. The van der Waals surface area contributed by atoms with Gasteiger partial charge in [0.15, 0.2) is 0 Å². The summed E-state index contributed by atoms with van der Waals surface area (Å²) in [6.45, 7) is 1.10. The van der Waals surface area contributed by atoms with E-state index in [0.717, 1.165) is 12.8 Å². The van der Waals surface area contributed by atoms with Gasteiger partial charge in [0.2, 0.25) is 0 Å². The maximum absolute atomic E-state index is 11.5. The largest absolute Gasteiger partial charge is 0.444 e. The molecule has 2 heterocycles. The highest BCUT2D eigenvalue weighted by Crippen LogP contribution is 2.21. The van der Waals surface area contributed by atoms with Crippen LogP contribution in [0.15, 0.2) is 16.9 Å². The van der Waals surface area contributed by atoms with Crippen molar-refractivity contribution in [1.29, 1.82) is 0 Å². The molecule has 0 aliphatic carbocycles. The smallest absolute Gasteiger partial charge is 0.415 e. The molecule has 0 saturated carbocycles. The lowest BCUT2D eigenvalue weighted by atomic mass is 10.2. The zero-order valence-electron chi connectivity index (χ0n) is 8.56. The van der Waals surface area contributed by atoms with E-state index >= 15 is 0 Å². The highest BCUT2D eigenvalue weighted by molar-refractivity contribution is 5.73. The van der Waals surface area contributed by atoms with Crippen LogP contribution in [0.4, 0.5) is 4.79 Å². The Bertz CT molecular complexity index is 312. The van der Waals surface area contributed by atoms with E-state index < -0.39 is 0 Å². The van der Waals surface area contributed by atoms with Crippen molar-refractivity contribution in [3.05, 3.63) is 11.9 Å². The fourth-order valence-corrected chi connectivity index (χ4v) is 1.72. The SMILES string of the molecule is NCC[C@H]1CN(C2=CCCC=N2)C(=O)O1. The number of hydrogen-bond donors (Lipinski definition) is 1. The molecule has 0 spiro atoms. The first kappa shape index (κ1) is 10.2. The minimum atomic E-state index is -0.307. The Morgan fingerprint density at radius 2 is 2.47 bits per heavy atom. The molecule has 15 heavy (non-hydrogen) atoms. The first-order valence-electron chi connectivity index (χ1n) is 5.22. The number of nitrogens with two attached hydrogens (primary N) is 1. The number of aliphatic imine (C=N–C) groups is 1. The topological polar surface area (TPSA) is 67.9 Å². The van der Waals surface area contributed by atoms with Gasteiger partial charge in [-0.25, -0.2) is 9.79 Å². The molecule has 0 aromatic heterocycles. The number of carbonyl (C=O) groups is 1. The molecule has 1 amide bonds. The molecule has 82 valence electrons. The molecule has 2 rings (SSSR count). The highest BCUT2D eigenvalue weighted by Gasteiger charge is 2.33. The van der Waals surface area contributed by atoms with Crippen molar-refractivity contribution in [2.75, 3.05) is 13.1 Å². The molecule has 0 unspecified atom stereocenters. The second-order valence-corrected chi connectivity index (χ2v) is 3.65. The molecule has 0 aromatic carbocycles. The average molecular weight is 209 g/mol. The van der Waals surface area contributed by atoms with Crippen LogP contribution in [-0.2, 0) is 4.74 Å². The van der Waals surface area contributed by atoms with Gasteiger partial charge in [-0.1, -0.05) is 0 Å². The molecule has 0 aromatic rings. The summed E-state index contributed by atoms with van der Waals surface area (Å²) < 4.78 is 5.16. The van der Waals surface area contributed by atoms with Crippen molar-refractivity contribution >= 4 is 12.3 Å². The van der Waals surface area contributed by atoms with Crippen LogP contribution in [0.5, 0.6) is 0 Å². The van der Waals surface area contributed by atoms with Gasteiger partial charge in [0.05, 0.1) is 6.54 Å². The first-order chi connectivity index (χ1) is 7.31. The Hall–Kier alpha value is -1.36. The normalized spacial score (nSPS) is 25.4. The van der Waals surface area contributed by atoms with Crippen molar-refractivity contribution in [3.8, 4) is 0 Å². The quantitative estimate of drug-likeness (QED) is 0.749. The van der Waals surface area contributed by atoms with Gasteiger partial charge in [-0.05, 0) is 31.9 Å². The Labute approximate surface area is 88.6 Å². The van der Waals surface area contributed by atoms with Gasteiger partial charge in [0.1, 0.15) is 11.9 Å². The fraction of sp³-hybridized carbons (Fsp3) is 0.600. The first-order valence-corrected chi connectivity index (χ1v) is 5.22. The lowest BCUT2D eigenvalue weighted by Crippen LogP contribution is -2.25. The van der Waals surface area contributed by atoms with Crippen LogP contribution in [0.2, 0.25) is 0 Å². The minimum Gasteiger partial charge on any atom is -0.444 e. The molecule has 2 N–H and O–H groups in total. The summed E-state index contributed by atoms with van der Waals surface area (Å²) in [4.78, 5) is 17.3. The number of allylic oxidation sites excluding steroid dienone is 1. The maximum atomic E-state index is 11.5. The molecular formula is C10H15N3O2. The second-order valence-electron chi connectivity index (χ2n) is 3.65. The van der Waals surface area contributed by atoms with E-state index in [1.165, 1.54) is 0 Å². The van der Waals surface area contributed by atoms with Gasteiger partial charge in [-0.15, -0.1) is 0 Å². The molecule has 0 radical (unpaired) electrons. The highest BCUT2D eigenvalue weighted by atomic mass is 16.6. The van der Waals surface area contributed by atoms with E-state index in [-0.39, 0.29) is 12.2 Å². The maximum Gasteiger partial charge on any atom is 0.415 e. The Morgan fingerprint density at radius 3 is 3.13 bits per heavy atom. The van der Waals surface area contributed by atoms with Gasteiger partial charge < -0.3 is 10.5 Å². The van der Waals surface area contributed by atoms with Gasteiger partial charge in [-0.3, -0.25) is 4.90 Å². The zero-order valence-corrected chi connectivity index (χ0v) is 8.56. The number of ether oxygens (including phenoxy) is 1. The van der Waals surface area contributed by atoms with Gasteiger partial charge >= 0.3 is 6.09 Å². The van der Waals surface area contributed by atoms with Crippen molar-refractivity contribution in [2.45, 2.75) is 25.4 Å². The van der Waals surface area contributed by atoms with Crippen molar-refractivity contribution in [3.63, 3.8) is 0 Å². The molecule has 1 atom stereocenters. The summed E-state index contributed by atoms with van der Waals surface area (Å²) >= 11 is 0. The van der Waals surface area contributed by atoms with Crippen molar-refractivity contribution < 1.29 is 9.53 Å². The van der Waals surface area contributed by atoms with Crippen molar-refractivity contribution in [2.24, 2.45) is 10.7 Å². The lowest BCUT2D eigenvalue weighted by molar-refractivity contribution is 0.132. The Morgan fingerprint density at radius 1 is 1.60 bits per heavy atom. The summed E-state index contributed by atoms with van der Waals surface area (Å²) in [5.74, 6) is 0.714. The van der Waals surface area contributed by atoms with E-state index in [1.807, 2.05) is 12.3 Å². The number of amides is 1. The number of carbonyl (C=O) groups excluding carboxylic acids is 1. The monoisotopic (exact) mass is 209 g/mol. The summed E-state index contributed by atoms with van der Waals surface area (Å²) in [5.41, 5.74) is 5.42. The number of nitrogens with zero attached hydrogens (tertiary/aromatic N) is 2. The Balaban J connectivity index is 2.01. The van der Waals surface area contributed by atoms with E-state index in [1.54, 1.807) is 4.90 Å². The van der Waals surface area contributed by atoms with Crippen LogP contribution >= 0.6 is 0 Å². The van der Waals surface area contributed by atoms with Gasteiger partial charge in [0, 0.05) is 6.21 Å². The minimum absolute atomic E-state index is 0.0828. The molecule has 5 heteroatoms. The predicted molar refractivity (Wildman–Crippen MR) is 56.5 cm³/mol. The van der Waals surface area contributed by atoms with Crippen LogP contribution in [0, 0.1) is 0 Å². The molecule has 5 nitrogen and oxygen atoms in total. The molecule has 2 aliphatic heterocycles. The van der Waals surface area contributed by atoms with Crippen molar-refractivity contribution in [1.82, 2.24) is 4.90 Å². The van der Waals surface area contributed by atoms with E-state index in [2.05, 4.69) is 4.99 Å². The molecule has 1 fully saturated rings. The van der Waals surface area contributed by atoms with Crippen LogP contribution < -0.4 is 5.73 Å². The number of hydrogen-bond acceptors (Lipinski definition) is 4. The third kappa shape index (κ3) is 2.18. The second kappa shape index (κ2) is 4.44. The summed E-state index contributed by atoms with van der Waals surface area (Å²) in [7, 11) is 0. The van der Waals surface area contributed by atoms with Gasteiger partial charge in [-0.2, -0.15) is 0 Å². The van der Waals surface area contributed by atoms with Gasteiger partial charge in [0.25, 0.3) is 0 Å². The molecule has 0 bridgehead atoms.